The number of aryl methyl sites for hydroxylation is 1. The van der Waals surface area contributed by atoms with Gasteiger partial charge in [0.15, 0.2) is 5.58 Å². The number of nitriles is 1. The van der Waals surface area contributed by atoms with E-state index in [2.05, 4.69) is 31.7 Å². The van der Waals surface area contributed by atoms with Crippen molar-refractivity contribution in [3.05, 3.63) is 64.8 Å². The summed E-state index contributed by atoms with van der Waals surface area (Å²) in [5.74, 6) is 0.587. The monoisotopic (exact) mass is 443 g/mol. The Kier molecular flexibility index (Phi) is 5.38. The molecule has 1 atom stereocenters. The smallest absolute Gasteiger partial charge is 0.408 e. The minimum atomic E-state index is -0.491. The van der Waals surface area contributed by atoms with E-state index in [0.29, 0.717) is 42.6 Å². The van der Waals surface area contributed by atoms with E-state index in [4.69, 9.17) is 9.15 Å². The molecule has 0 radical (unpaired) electrons. The highest BCUT2D eigenvalue weighted by atomic mass is 16.5. The molecule has 10 heteroatoms. The molecule has 33 heavy (non-hydrogen) atoms. The van der Waals surface area contributed by atoms with E-state index in [1.165, 1.54) is 0 Å². The van der Waals surface area contributed by atoms with Gasteiger partial charge in [-0.1, -0.05) is 0 Å². The number of fused-ring (bicyclic) bond motifs is 1. The average molecular weight is 443 g/mol. The van der Waals surface area contributed by atoms with Crippen LogP contribution in [-0.4, -0.2) is 40.8 Å². The standard InChI is InChI=1S/C23H21N7O3/c1-14-12-25-22(29-21(14)26-16-4-7-20-19(10-16)28-23(31)33-20)27-15-2-5-17(6-3-15)30-8-9-32-13-18(30)11-24/h2-7,10,12,18H,8-9,13H2,1H3,(H,28,31)(H2,25,26,27,29). The summed E-state index contributed by atoms with van der Waals surface area (Å²) in [4.78, 5) is 25.0. The Morgan fingerprint density at radius 3 is 2.82 bits per heavy atom. The molecule has 0 aliphatic carbocycles. The van der Waals surface area contributed by atoms with Crippen molar-refractivity contribution in [1.82, 2.24) is 15.0 Å². The largest absolute Gasteiger partial charge is 0.417 e. The zero-order valence-electron chi connectivity index (χ0n) is 17.8. The van der Waals surface area contributed by atoms with Gasteiger partial charge < -0.3 is 24.7 Å². The first-order valence-electron chi connectivity index (χ1n) is 10.4. The molecule has 166 valence electrons. The summed E-state index contributed by atoms with van der Waals surface area (Å²) in [5.41, 5.74) is 4.52. The van der Waals surface area contributed by atoms with Crippen LogP contribution < -0.4 is 21.3 Å². The molecule has 0 saturated carbocycles. The molecule has 0 bridgehead atoms. The van der Waals surface area contributed by atoms with Crippen molar-refractivity contribution in [2.45, 2.75) is 13.0 Å². The third-order valence-electron chi connectivity index (χ3n) is 5.39. The van der Waals surface area contributed by atoms with E-state index in [0.717, 1.165) is 22.6 Å². The molecule has 1 saturated heterocycles. The number of nitrogens with one attached hydrogen (secondary N) is 3. The zero-order valence-corrected chi connectivity index (χ0v) is 17.8. The molecule has 2 aromatic heterocycles. The summed E-state index contributed by atoms with van der Waals surface area (Å²) >= 11 is 0. The fraction of sp³-hybridized carbons (Fsp3) is 0.217. The van der Waals surface area contributed by atoms with E-state index in [9.17, 15) is 10.1 Å². The number of ether oxygens (including phenoxy) is 1. The van der Waals surface area contributed by atoms with Gasteiger partial charge in [-0.2, -0.15) is 10.2 Å². The van der Waals surface area contributed by atoms with Crippen LogP contribution in [0, 0.1) is 18.3 Å². The van der Waals surface area contributed by atoms with Crippen molar-refractivity contribution in [2.24, 2.45) is 0 Å². The summed E-state index contributed by atoms with van der Waals surface area (Å²) in [6.45, 7) is 3.61. The first-order valence-corrected chi connectivity index (χ1v) is 10.4. The first kappa shape index (κ1) is 20.5. The summed E-state index contributed by atoms with van der Waals surface area (Å²) in [5, 5.41) is 15.8. The number of hydrogen-bond donors (Lipinski definition) is 3. The molecule has 1 aliphatic heterocycles. The van der Waals surface area contributed by atoms with E-state index in [-0.39, 0.29) is 6.04 Å². The van der Waals surface area contributed by atoms with E-state index < -0.39 is 5.76 Å². The highest BCUT2D eigenvalue weighted by Gasteiger charge is 2.22. The van der Waals surface area contributed by atoms with Gasteiger partial charge in [0.25, 0.3) is 0 Å². The minimum absolute atomic E-state index is 0.286. The van der Waals surface area contributed by atoms with Crippen LogP contribution >= 0.6 is 0 Å². The summed E-state index contributed by atoms with van der Waals surface area (Å²) in [6.07, 6.45) is 1.73. The fourth-order valence-electron chi connectivity index (χ4n) is 3.68. The van der Waals surface area contributed by atoms with Gasteiger partial charge in [-0.15, -0.1) is 0 Å². The Labute approximate surface area is 188 Å². The number of morpholine rings is 1. The Balaban J connectivity index is 1.32. The lowest BCUT2D eigenvalue weighted by molar-refractivity contribution is 0.107. The van der Waals surface area contributed by atoms with Crippen LogP contribution in [0.5, 0.6) is 0 Å². The average Bonchev–Trinajstić information content (AvgIpc) is 3.21. The van der Waals surface area contributed by atoms with E-state index in [1.54, 1.807) is 18.3 Å². The van der Waals surface area contributed by atoms with Crippen LogP contribution in [0.25, 0.3) is 11.1 Å². The number of aromatic nitrogens is 3. The van der Waals surface area contributed by atoms with E-state index in [1.807, 2.05) is 42.2 Å². The molecule has 10 nitrogen and oxygen atoms in total. The highest BCUT2D eigenvalue weighted by Crippen LogP contribution is 2.25. The minimum Gasteiger partial charge on any atom is -0.408 e. The molecule has 5 rings (SSSR count). The summed E-state index contributed by atoms with van der Waals surface area (Å²) in [6, 6.07) is 15.1. The summed E-state index contributed by atoms with van der Waals surface area (Å²) in [7, 11) is 0. The lowest BCUT2D eigenvalue weighted by Gasteiger charge is -2.33. The molecule has 0 spiro atoms. The van der Waals surface area contributed by atoms with Crippen LogP contribution in [0.4, 0.5) is 28.8 Å². The predicted octanol–water partition coefficient (Wildman–Crippen LogP) is 3.44. The molecule has 1 unspecified atom stereocenters. The zero-order chi connectivity index (χ0) is 22.8. The van der Waals surface area contributed by atoms with Crippen LogP contribution in [0.3, 0.4) is 0 Å². The quantitative estimate of drug-likeness (QED) is 0.424. The predicted molar refractivity (Wildman–Crippen MR) is 124 cm³/mol. The molecule has 4 aromatic rings. The Morgan fingerprint density at radius 1 is 1.18 bits per heavy atom. The topological polar surface area (TPSA) is 132 Å². The summed E-state index contributed by atoms with van der Waals surface area (Å²) < 4.78 is 10.4. The van der Waals surface area contributed by atoms with Gasteiger partial charge in [0, 0.05) is 35.4 Å². The SMILES string of the molecule is Cc1cnc(Nc2ccc(N3CCOCC3C#N)cc2)nc1Nc1ccc2oc(=O)[nH]c2c1. The van der Waals surface area contributed by atoms with Gasteiger partial charge >= 0.3 is 5.76 Å². The van der Waals surface area contributed by atoms with Gasteiger partial charge in [-0.05, 0) is 49.4 Å². The molecular weight excluding hydrogens is 422 g/mol. The van der Waals surface area contributed by atoms with E-state index >= 15 is 0 Å². The van der Waals surface area contributed by atoms with Crippen molar-refractivity contribution in [3.63, 3.8) is 0 Å². The molecular formula is C23H21N7O3. The number of hydrogen-bond acceptors (Lipinski definition) is 9. The molecule has 3 heterocycles. The second-order valence-electron chi connectivity index (χ2n) is 7.66. The molecule has 2 aromatic carbocycles. The van der Waals surface area contributed by atoms with Crippen LogP contribution in [-0.2, 0) is 4.74 Å². The van der Waals surface area contributed by atoms with Crippen LogP contribution in [0.1, 0.15) is 5.56 Å². The second-order valence-corrected chi connectivity index (χ2v) is 7.66. The van der Waals surface area contributed by atoms with Gasteiger partial charge in [0.1, 0.15) is 11.9 Å². The Hall–Kier alpha value is -4.36. The number of rotatable bonds is 5. The maximum Gasteiger partial charge on any atom is 0.417 e. The van der Waals surface area contributed by atoms with Crippen molar-refractivity contribution in [2.75, 3.05) is 35.3 Å². The third kappa shape index (κ3) is 4.35. The van der Waals surface area contributed by atoms with Crippen LogP contribution in [0.2, 0.25) is 0 Å². The Bertz CT molecular complexity index is 1390. The van der Waals surface area contributed by atoms with Crippen molar-refractivity contribution >= 4 is 39.9 Å². The highest BCUT2D eigenvalue weighted by molar-refractivity contribution is 5.78. The fourth-order valence-corrected chi connectivity index (χ4v) is 3.68. The van der Waals surface area contributed by atoms with Crippen molar-refractivity contribution in [1.29, 1.82) is 5.26 Å². The number of aromatic amines is 1. The molecule has 1 aliphatic rings. The maximum absolute atomic E-state index is 11.4. The number of oxazole rings is 1. The Morgan fingerprint density at radius 2 is 2.00 bits per heavy atom. The number of H-pyrrole nitrogens is 1. The normalized spacial score (nSPS) is 15.9. The lowest BCUT2D eigenvalue weighted by atomic mass is 10.2. The second kappa shape index (κ2) is 8.64. The van der Waals surface area contributed by atoms with Crippen LogP contribution in [0.15, 0.2) is 57.9 Å². The van der Waals surface area contributed by atoms with Gasteiger partial charge in [0.05, 0.1) is 24.8 Å². The molecule has 0 amide bonds. The maximum atomic E-state index is 11.4. The first-order chi connectivity index (χ1) is 16.1. The molecule has 3 N–H and O–H groups in total. The number of benzene rings is 2. The van der Waals surface area contributed by atoms with Crippen molar-refractivity contribution in [3.8, 4) is 6.07 Å². The van der Waals surface area contributed by atoms with Gasteiger partial charge in [-0.3, -0.25) is 4.98 Å². The number of nitrogens with zero attached hydrogens (tertiary/aromatic N) is 4. The third-order valence-corrected chi connectivity index (χ3v) is 5.39. The van der Waals surface area contributed by atoms with Crippen molar-refractivity contribution < 1.29 is 9.15 Å². The van der Waals surface area contributed by atoms with Gasteiger partial charge in [0.2, 0.25) is 5.95 Å². The molecule has 1 fully saturated rings. The number of anilines is 5. The lowest BCUT2D eigenvalue weighted by Crippen LogP contribution is -2.44. The van der Waals surface area contributed by atoms with Gasteiger partial charge in [-0.25, -0.2) is 9.78 Å².